The zero-order valence-corrected chi connectivity index (χ0v) is 14.3. The lowest BCUT2D eigenvalue weighted by Crippen LogP contribution is -2.28. The second-order valence-electron chi connectivity index (χ2n) is 6.23. The van der Waals surface area contributed by atoms with Crippen LogP contribution in [-0.2, 0) is 9.59 Å². The first kappa shape index (κ1) is 16.0. The molecule has 1 N–H and O–H groups in total. The number of anilines is 1. The molecule has 0 aliphatic carbocycles. The van der Waals surface area contributed by atoms with Crippen molar-refractivity contribution in [3.63, 3.8) is 0 Å². The Balaban J connectivity index is 2.12. The van der Waals surface area contributed by atoms with Gasteiger partial charge in [0.1, 0.15) is 5.70 Å². The fourth-order valence-electron chi connectivity index (χ4n) is 2.75. The minimum Gasteiger partial charge on any atom is -0.350 e. The minimum atomic E-state index is -0.309. The standard InChI is InChI=1S/C20H20N2O2/c1-12-6-9-15(10-7-12)17-18(20(24)22(4)19(17)23)21-16-11-13(2)5-8-14(16)3/h5-11,21H,1-4H3. The number of hydrogen-bond acceptors (Lipinski definition) is 3. The smallest absolute Gasteiger partial charge is 0.277 e. The Morgan fingerprint density at radius 2 is 1.46 bits per heavy atom. The van der Waals surface area contributed by atoms with Crippen molar-refractivity contribution >= 4 is 23.1 Å². The molecule has 4 heteroatoms. The molecule has 0 bridgehead atoms. The Morgan fingerprint density at radius 1 is 0.833 bits per heavy atom. The first-order chi connectivity index (χ1) is 11.4. The van der Waals surface area contributed by atoms with Crippen molar-refractivity contribution in [3.8, 4) is 0 Å². The third-order valence-electron chi connectivity index (χ3n) is 4.28. The Bertz CT molecular complexity index is 864. The molecule has 0 atom stereocenters. The zero-order valence-electron chi connectivity index (χ0n) is 14.3. The highest BCUT2D eigenvalue weighted by atomic mass is 16.2. The number of nitrogens with one attached hydrogen (secondary N) is 1. The minimum absolute atomic E-state index is 0.281. The average Bonchev–Trinajstić information content (AvgIpc) is 2.76. The van der Waals surface area contributed by atoms with Crippen molar-refractivity contribution in [2.24, 2.45) is 0 Å². The molecule has 1 aliphatic rings. The fraction of sp³-hybridized carbons (Fsp3) is 0.200. The van der Waals surface area contributed by atoms with Crippen molar-refractivity contribution in [1.82, 2.24) is 4.90 Å². The van der Waals surface area contributed by atoms with Crippen LogP contribution >= 0.6 is 0 Å². The van der Waals surface area contributed by atoms with E-state index in [0.717, 1.165) is 32.8 Å². The highest BCUT2D eigenvalue weighted by Crippen LogP contribution is 2.30. The molecule has 2 amide bonds. The van der Waals surface area contributed by atoms with Crippen LogP contribution in [0, 0.1) is 20.8 Å². The Labute approximate surface area is 141 Å². The predicted molar refractivity (Wildman–Crippen MR) is 95.4 cm³/mol. The molecule has 0 unspecified atom stereocenters. The second-order valence-corrected chi connectivity index (χ2v) is 6.23. The van der Waals surface area contributed by atoms with Crippen molar-refractivity contribution in [2.75, 3.05) is 12.4 Å². The van der Waals surface area contributed by atoms with Crippen LogP contribution in [0.5, 0.6) is 0 Å². The van der Waals surface area contributed by atoms with E-state index in [1.54, 1.807) is 0 Å². The van der Waals surface area contributed by atoms with Crippen LogP contribution in [0.3, 0.4) is 0 Å². The van der Waals surface area contributed by atoms with Gasteiger partial charge in [-0.05, 0) is 43.5 Å². The van der Waals surface area contributed by atoms with Gasteiger partial charge in [0.2, 0.25) is 0 Å². The summed E-state index contributed by atoms with van der Waals surface area (Å²) >= 11 is 0. The summed E-state index contributed by atoms with van der Waals surface area (Å²) < 4.78 is 0. The summed E-state index contributed by atoms with van der Waals surface area (Å²) in [6.07, 6.45) is 0. The van der Waals surface area contributed by atoms with Crippen molar-refractivity contribution < 1.29 is 9.59 Å². The molecule has 0 saturated heterocycles. The van der Waals surface area contributed by atoms with Gasteiger partial charge >= 0.3 is 0 Å². The van der Waals surface area contributed by atoms with Crippen molar-refractivity contribution in [2.45, 2.75) is 20.8 Å². The van der Waals surface area contributed by atoms with E-state index in [1.807, 2.05) is 63.2 Å². The van der Waals surface area contributed by atoms with E-state index >= 15 is 0 Å². The third kappa shape index (κ3) is 2.71. The largest absolute Gasteiger partial charge is 0.350 e. The van der Waals surface area contributed by atoms with E-state index in [9.17, 15) is 9.59 Å². The maximum absolute atomic E-state index is 12.6. The summed E-state index contributed by atoms with van der Waals surface area (Å²) in [5.74, 6) is -0.590. The van der Waals surface area contributed by atoms with Gasteiger partial charge in [-0.15, -0.1) is 0 Å². The van der Waals surface area contributed by atoms with Crippen LogP contribution in [0.4, 0.5) is 5.69 Å². The molecule has 2 aromatic carbocycles. The lowest BCUT2D eigenvalue weighted by atomic mass is 10.0. The molecule has 24 heavy (non-hydrogen) atoms. The number of aryl methyl sites for hydroxylation is 3. The van der Waals surface area contributed by atoms with Gasteiger partial charge in [0, 0.05) is 12.7 Å². The highest BCUT2D eigenvalue weighted by Gasteiger charge is 2.36. The summed E-state index contributed by atoms with van der Waals surface area (Å²) in [6.45, 7) is 5.95. The molecule has 0 spiro atoms. The van der Waals surface area contributed by atoms with E-state index in [1.165, 1.54) is 7.05 Å². The van der Waals surface area contributed by atoms with Crippen LogP contribution in [-0.4, -0.2) is 23.8 Å². The highest BCUT2D eigenvalue weighted by molar-refractivity contribution is 6.36. The van der Waals surface area contributed by atoms with E-state index in [4.69, 9.17) is 0 Å². The Kier molecular flexibility index (Phi) is 3.97. The van der Waals surface area contributed by atoms with Crippen LogP contribution in [0.25, 0.3) is 5.57 Å². The molecule has 0 radical (unpaired) electrons. The molecule has 0 aromatic heterocycles. The summed E-state index contributed by atoms with van der Waals surface area (Å²) in [4.78, 5) is 26.3. The van der Waals surface area contributed by atoms with Crippen LogP contribution < -0.4 is 5.32 Å². The molecule has 4 nitrogen and oxygen atoms in total. The van der Waals surface area contributed by atoms with Gasteiger partial charge in [0.05, 0.1) is 5.57 Å². The molecular weight excluding hydrogens is 300 g/mol. The molecular formula is C20H20N2O2. The Hall–Kier alpha value is -2.88. The maximum atomic E-state index is 12.6. The Morgan fingerprint density at radius 3 is 2.12 bits per heavy atom. The molecule has 1 aliphatic heterocycles. The summed E-state index contributed by atoms with van der Waals surface area (Å²) in [5.41, 5.74) is 5.55. The van der Waals surface area contributed by atoms with E-state index < -0.39 is 0 Å². The summed E-state index contributed by atoms with van der Waals surface area (Å²) in [7, 11) is 1.51. The molecule has 2 aromatic rings. The van der Waals surface area contributed by atoms with Gasteiger partial charge in [0.25, 0.3) is 11.8 Å². The number of carbonyl (C=O) groups excluding carboxylic acids is 2. The van der Waals surface area contributed by atoms with Gasteiger partial charge < -0.3 is 5.32 Å². The average molecular weight is 320 g/mol. The van der Waals surface area contributed by atoms with E-state index in [-0.39, 0.29) is 11.8 Å². The number of benzene rings is 2. The first-order valence-corrected chi connectivity index (χ1v) is 7.86. The molecule has 3 rings (SSSR count). The topological polar surface area (TPSA) is 49.4 Å². The number of imide groups is 1. The van der Waals surface area contributed by atoms with Gasteiger partial charge in [-0.1, -0.05) is 42.0 Å². The number of amides is 2. The normalized spacial score (nSPS) is 14.6. The van der Waals surface area contributed by atoms with Crippen molar-refractivity contribution in [3.05, 3.63) is 70.4 Å². The quantitative estimate of drug-likeness (QED) is 0.882. The molecule has 0 fully saturated rings. The van der Waals surface area contributed by atoms with Crippen LogP contribution in [0.1, 0.15) is 22.3 Å². The third-order valence-corrected chi connectivity index (χ3v) is 4.28. The van der Waals surface area contributed by atoms with Crippen LogP contribution in [0.2, 0.25) is 0 Å². The number of rotatable bonds is 3. The monoisotopic (exact) mass is 320 g/mol. The van der Waals surface area contributed by atoms with E-state index in [0.29, 0.717) is 11.3 Å². The van der Waals surface area contributed by atoms with Gasteiger partial charge in [-0.25, -0.2) is 0 Å². The predicted octanol–water partition coefficient (Wildman–Crippen LogP) is 3.43. The first-order valence-electron chi connectivity index (χ1n) is 7.86. The summed E-state index contributed by atoms with van der Waals surface area (Å²) in [5, 5.41) is 3.19. The van der Waals surface area contributed by atoms with Gasteiger partial charge in [-0.2, -0.15) is 0 Å². The SMILES string of the molecule is Cc1ccc(C2=C(Nc3cc(C)ccc3C)C(=O)N(C)C2=O)cc1. The van der Waals surface area contributed by atoms with Gasteiger partial charge in [-0.3, -0.25) is 14.5 Å². The molecule has 1 heterocycles. The van der Waals surface area contributed by atoms with E-state index in [2.05, 4.69) is 5.32 Å². The number of nitrogens with zero attached hydrogens (tertiary/aromatic N) is 1. The zero-order chi connectivity index (χ0) is 17.4. The van der Waals surface area contributed by atoms with Crippen molar-refractivity contribution in [1.29, 1.82) is 0 Å². The molecule has 122 valence electrons. The van der Waals surface area contributed by atoms with Crippen LogP contribution in [0.15, 0.2) is 48.2 Å². The molecule has 0 saturated carbocycles. The maximum Gasteiger partial charge on any atom is 0.277 e. The summed E-state index contributed by atoms with van der Waals surface area (Å²) in [6, 6.07) is 13.6. The second kappa shape index (κ2) is 5.96. The lowest BCUT2D eigenvalue weighted by molar-refractivity contribution is -0.135. The van der Waals surface area contributed by atoms with Gasteiger partial charge in [0.15, 0.2) is 0 Å². The number of likely N-dealkylation sites (N-methyl/N-ethyl adjacent to an activating group) is 1. The number of hydrogen-bond donors (Lipinski definition) is 1. The number of carbonyl (C=O) groups is 2. The lowest BCUT2D eigenvalue weighted by Gasteiger charge is -2.12. The fourth-order valence-corrected chi connectivity index (χ4v) is 2.75.